The Hall–Kier alpha value is -1.90. The standard InChI is InChI=1S/C11H9F3N4OS/c12-11(13,14)10(2-3-10)17-8(19)7-6(15)5-1-4-16-18-9(5)20-7/h1,4H,2-3,15H2,(H,17,19). The molecule has 0 unspecified atom stereocenters. The lowest BCUT2D eigenvalue weighted by Crippen LogP contribution is -2.47. The highest BCUT2D eigenvalue weighted by Gasteiger charge is 2.64. The fraction of sp³-hybridized carbons (Fsp3) is 0.364. The molecule has 2 aromatic rings. The van der Waals surface area contributed by atoms with Gasteiger partial charge in [0.05, 0.1) is 11.9 Å². The first-order valence-electron chi connectivity index (χ1n) is 5.73. The van der Waals surface area contributed by atoms with E-state index < -0.39 is 17.6 Å². The number of carbonyl (C=O) groups is 1. The van der Waals surface area contributed by atoms with Crippen molar-refractivity contribution in [2.45, 2.75) is 24.6 Å². The van der Waals surface area contributed by atoms with E-state index in [1.54, 1.807) is 6.07 Å². The molecule has 9 heteroatoms. The second-order valence-electron chi connectivity index (χ2n) is 4.63. The third-order valence-corrected chi connectivity index (χ3v) is 4.38. The molecule has 1 aliphatic rings. The van der Waals surface area contributed by atoms with Crippen LogP contribution in [0.15, 0.2) is 12.3 Å². The predicted molar refractivity (Wildman–Crippen MR) is 67.3 cm³/mol. The van der Waals surface area contributed by atoms with Crippen molar-refractivity contribution in [2.75, 3.05) is 5.73 Å². The Bertz CT molecular complexity index is 693. The van der Waals surface area contributed by atoms with Gasteiger partial charge in [-0.15, -0.1) is 16.4 Å². The van der Waals surface area contributed by atoms with Gasteiger partial charge in [-0.25, -0.2) is 0 Å². The summed E-state index contributed by atoms with van der Waals surface area (Å²) in [6.07, 6.45) is -3.25. The summed E-state index contributed by atoms with van der Waals surface area (Å²) in [6, 6.07) is 1.57. The Morgan fingerprint density at radius 2 is 2.15 bits per heavy atom. The fourth-order valence-corrected chi connectivity index (χ4v) is 2.85. The molecule has 3 rings (SSSR count). The number of hydrogen-bond donors (Lipinski definition) is 2. The van der Waals surface area contributed by atoms with Crippen LogP contribution in [0, 0.1) is 0 Å². The molecule has 2 aromatic heterocycles. The summed E-state index contributed by atoms with van der Waals surface area (Å²) in [4.78, 5) is 12.5. The second-order valence-corrected chi connectivity index (χ2v) is 5.63. The minimum absolute atomic E-state index is 0.0380. The van der Waals surface area contributed by atoms with E-state index in [-0.39, 0.29) is 23.4 Å². The molecule has 0 bridgehead atoms. The minimum atomic E-state index is -4.45. The van der Waals surface area contributed by atoms with Crippen molar-refractivity contribution in [1.82, 2.24) is 15.5 Å². The zero-order valence-corrected chi connectivity index (χ0v) is 10.8. The molecule has 0 aliphatic heterocycles. The van der Waals surface area contributed by atoms with Gasteiger partial charge in [0.2, 0.25) is 0 Å². The van der Waals surface area contributed by atoms with Crippen LogP contribution >= 0.6 is 11.3 Å². The molecule has 0 spiro atoms. The number of nitrogens with two attached hydrogens (primary N) is 1. The molecule has 20 heavy (non-hydrogen) atoms. The number of rotatable bonds is 2. The Balaban J connectivity index is 1.92. The summed E-state index contributed by atoms with van der Waals surface area (Å²) in [5.41, 5.74) is 3.82. The number of carbonyl (C=O) groups excluding carboxylic acids is 1. The number of hydrogen-bond acceptors (Lipinski definition) is 5. The molecule has 3 N–H and O–H groups in total. The number of nitrogens with zero attached hydrogens (tertiary/aromatic N) is 2. The lowest BCUT2D eigenvalue weighted by atomic mass is 10.2. The van der Waals surface area contributed by atoms with Gasteiger partial charge in [-0.05, 0) is 18.9 Å². The molecule has 2 heterocycles. The zero-order valence-electron chi connectivity index (χ0n) is 9.99. The van der Waals surface area contributed by atoms with E-state index in [0.29, 0.717) is 10.2 Å². The Morgan fingerprint density at radius 1 is 1.45 bits per heavy atom. The van der Waals surface area contributed by atoms with Gasteiger partial charge in [0.15, 0.2) is 0 Å². The second kappa shape index (κ2) is 4.05. The molecule has 1 saturated carbocycles. The first-order valence-corrected chi connectivity index (χ1v) is 6.55. The van der Waals surface area contributed by atoms with E-state index in [4.69, 9.17) is 5.73 Å². The van der Waals surface area contributed by atoms with Crippen molar-refractivity contribution >= 4 is 33.1 Å². The highest BCUT2D eigenvalue weighted by Crippen LogP contribution is 2.49. The van der Waals surface area contributed by atoms with Crippen LogP contribution in [0.1, 0.15) is 22.5 Å². The van der Waals surface area contributed by atoms with Crippen LogP contribution in [0.5, 0.6) is 0 Å². The van der Waals surface area contributed by atoms with Crippen LogP contribution < -0.4 is 11.1 Å². The van der Waals surface area contributed by atoms with Crippen molar-refractivity contribution in [3.05, 3.63) is 17.1 Å². The monoisotopic (exact) mass is 302 g/mol. The van der Waals surface area contributed by atoms with Gasteiger partial charge in [0, 0.05) is 5.39 Å². The average molecular weight is 302 g/mol. The van der Waals surface area contributed by atoms with E-state index in [9.17, 15) is 18.0 Å². The third-order valence-electron chi connectivity index (χ3n) is 3.27. The minimum Gasteiger partial charge on any atom is -0.397 e. The van der Waals surface area contributed by atoms with Crippen LogP contribution in [-0.4, -0.2) is 27.8 Å². The number of amides is 1. The van der Waals surface area contributed by atoms with Crippen molar-refractivity contribution in [3.8, 4) is 0 Å². The summed E-state index contributed by atoms with van der Waals surface area (Å²) in [6.45, 7) is 0. The summed E-state index contributed by atoms with van der Waals surface area (Å²) in [7, 11) is 0. The largest absolute Gasteiger partial charge is 0.411 e. The number of aromatic nitrogens is 2. The van der Waals surface area contributed by atoms with E-state index in [0.717, 1.165) is 11.3 Å². The van der Waals surface area contributed by atoms with Crippen LogP contribution in [0.3, 0.4) is 0 Å². The molecule has 1 fully saturated rings. The van der Waals surface area contributed by atoms with Crippen molar-refractivity contribution < 1.29 is 18.0 Å². The number of nitrogens with one attached hydrogen (secondary N) is 1. The quantitative estimate of drug-likeness (QED) is 0.890. The van der Waals surface area contributed by atoms with Gasteiger partial charge in [0.25, 0.3) is 5.91 Å². The highest BCUT2D eigenvalue weighted by molar-refractivity contribution is 7.21. The summed E-state index contributed by atoms with van der Waals surface area (Å²) in [5.74, 6) is -0.819. The summed E-state index contributed by atoms with van der Waals surface area (Å²) in [5, 5.41) is 10.0. The van der Waals surface area contributed by atoms with Crippen LogP contribution in [0.25, 0.3) is 10.2 Å². The highest BCUT2D eigenvalue weighted by atomic mass is 32.1. The lowest BCUT2D eigenvalue weighted by Gasteiger charge is -2.20. The van der Waals surface area contributed by atoms with E-state index in [1.807, 2.05) is 5.32 Å². The number of thiophene rings is 1. The van der Waals surface area contributed by atoms with Crippen molar-refractivity contribution in [1.29, 1.82) is 0 Å². The average Bonchev–Trinajstić information content (AvgIpc) is 3.09. The molecular formula is C11H9F3N4OS. The molecule has 0 saturated heterocycles. The molecule has 1 aliphatic carbocycles. The maximum absolute atomic E-state index is 12.8. The molecule has 5 nitrogen and oxygen atoms in total. The first kappa shape index (κ1) is 13.1. The van der Waals surface area contributed by atoms with Gasteiger partial charge in [-0.1, -0.05) is 0 Å². The normalized spacial score (nSPS) is 17.1. The van der Waals surface area contributed by atoms with Gasteiger partial charge in [-0.3, -0.25) is 4.79 Å². The lowest BCUT2D eigenvalue weighted by molar-refractivity contribution is -0.163. The molecule has 0 atom stereocenters. The van der Waals surface area contributed by atoms with Crippen LogP contribution in [-0.2, 0) is 0 Å². The topological polar surface area (TPSA) is 80.9 Å². The molecule has 0 aromatic carbocycles. The first-order chi connectivity index (χ1) is 9.34. The maximum Gasteiger partial charge on any atom is 0.411 e. The molecule has 106 valence electrons. The third kappa shape index (κ3) is 1.89. The van der Waals surface area contributed by atoms with Gasteiger partial charge < -0.3 is 11.1 Å². The Labute approximate surface area is 115 Å². The number of alkyl halides is 3. The van der Waals surface area contributed by atoms with E-state index in [1.165, 1.54) is 6.20 Å². The van der Waals surface area contributed by atoms with E-state index >= 15 is 0 Å². The van der Waals surface area contributed by atoms with Crippen LogP contribution in [0.2, 0.25) is 0 Å². The number of halogens is 3. The number of fused-ring (bicyclic) bond motifs is 1. The number of anilines is 1. The number of nitrogen functional groups attached to an aromatic ring is 1. The Morgan fingerprint density at radius 3 is 2.70 bits per heavy atom. The van der Waals surface area contributed by atoms with Gasteiger partial charge >= 0.3 is 6.18 Å². The molecule has 1 amide bonds. The van der Waals surface area contributed by atoms with E-state index in [2.05, 4.69) is 10.2 Å². The summed E-state index contributed by atoms with van der Waals surface area (Å²) < 4.78 is 38.4. The van der Waals surface area contributed by atoms with Gasteiger partial charge in [-0.2, -0.15) is 18.3 Å². The molecule has 0 radical (unpaired) electrons. The smallest absolute Gasteiger partial charge is 0.397 e. The zero-order chi connectivity index (χ0) is 14.5. The van der Waals surface area contributed by atoms with Crippen molar-refractivity contribution in [3.63, 3.8) is 0 Å². The maximum atomic E-state index is 12.8. The Kier molecular flexibility index (Phi) is 2.65. The SMILES string of the molecule is Nc1c(C(=O)NC2(C(F)(F)F)CC2)sc2nnccc12. The fourth-order valence-electron chi connectivity index (χ4n) is 1.92. The summed E-state index contributed by atoms with van der Waals surface area (Å²) >= 11 is 0.933. The molecular weight excluding hydrogens is 293 g/mol. The predicted octanol–water partition coefficient (Wildman–Crippen LogP) is 2.10. The van der Waals surface area contributed by atoms with Crippen LogP contribution in [0.4, 0.5) is 18.9 Å². The van der Waals surface area contributed by atoms with Gasteiger partial charge in [0.1, 0.15) is 15.2 Å². The van der Waals surface area contributed by atoms with Crippen molar-refractivity contribution in [2.24, 2.45) is 0 Å².